The fourth-order valence-corrected chi connectivity index (χ4v) is 3.10. The van der Waals surface area contributed by atoms with E-state index in [1.165, 1.54) is 6.42 Å². The summed E-state index contributed by atoms with van der Waals surface area (Å²) in [6.07, 6.45) is 3.54. The molecular weight excluding hydrogens is 226 g/mol. The second-order valence-electron chi connectivity index (χ2n) is 6.27. The fourth-order valence-electron chi connectivity index (χ4n) is 3.10. The van der Waals surface area contributed by atoms with Gasteiger partial charge < -0.3 is 15.1 Å². The maximum atomic E-state index is 12.1. The Kier molecular flexibility index (Phi) is 4.49. The third kappa shape index (κ3) is 3.16. The van der Waals surface area contributed by atoms with Crippen LogP contribution in [-0.2, 0) is 0 Å². The molecule has 0 saturated carbocycles. The molecule has 0 bridgehead atoms. The molecule has 2 heterocycles. The van der Waals surface area contributed by atoms with Gasteiger partial charge in [-0.1, -0.05) is 13.8 Å². The number of carbonyl (C=O) groups excluding carboxylic acids is 1. The van der Waals surface area contributed by atoms with Crippen LogP contribution in [0.1, 0.15) is 33.1 Å². The first-order chi connectivity index (χ1) is 8.58. The Morgan fingerprint density at radius 3 is 2.83 bits per heavy atom. The van der Waals surface area contributed by atoms with Crippen LogP contribution < -0.4 is 5.32 Å². The predicted molar refractivity (Wildman–Crippen MR) is 73.6 cm³/mol. The quantitative estimate of drug-likeness (QED) is 0.810. The highest BCUT2D eigenvalue weighted by molar-refractivity contribution is 5.76. The first-order valence-electron chi connectivity index (χ1n) is 7.30. The minimum absolute atomic E-state index is 0.228. The molecule has 0 aromatic heterocycles. The average Bonchev–Trinajstić information content (AvgIpc) is 2.90. The zero-order valence-corrected chi connectivity index (χ0v) is 12.0. The molecule has 2 amide bonds. The van der Waals surface area contributed by atoms with Crippen LogP contribution >= 0.6 is 0 Å². The molecule has 2 aliphatic heterocycles. The lowest BCUT2D eigenvalue weighted by atomic mass is 10.0. The number of hydrogen-bond donors (Lipinski definition) is 1. The lowest BCUT2D eigenvalue weighted by Gasteiger charge is -2.19. The van der Waals surface area contributed by atoms with E-state index in [-0.39, 0.29) is 6.03 Å². The van der Waals surface area contributed by atoms with Crippen LogP contribution in [0.4, 0.5) is 4.79 Å². The Hall–Kier alpha value is -0.770. The lowest BCUT2D eigenvalue weighted by molar-refractivity contribution is 0.192. The molecule has 2 atom stereocenters. The molecule has 2 aliphatic rings. The van der Waals surface area contributed by atoms with Crippen molar-refractivity contribution in [2.75, 3.05) is 33.2 Å². The third-order valence-corrected chi connectivity index (χ3v) is 4.26. The highest BCUT2D eigenvalue weighted by Crippen LogP contribution is 2.22. The molecule has 4 nitrogen and oxygen atoms in total. The van der Waals surface area contributed by atoms with Gasteiger partial charge in [-0.15, -0.1) is 0 Å². The summed E-state index contributed by atoms with van der Waals surface area (Å²) in [6, 6.07) is 0.644. The fraction of sp³-hybridized carbons (Fsp3) is 0.929. The second-order valence-corrected chi connectivity index (χ2v) is 6.27. The van der Waals surface area contributed by atoms with E-state index in [0.717, 1.165) is 44.9 Å². The number of carbonyl (C=O) groups is 1. The Balaban J connectivity index is 1.80. The van der Waals surface area contributed by atoms with Crippen molar-refractivity contribution in [2.45, 2.75) is 39.2 Å². The lowest BCUT2D eigenvalue weighted by Crippen LogP contribution is -2.32. The van der Waals surface area contributed by atoms with Crippen molar-refractivity contribution in [3.8, 4) is 0 Å². The molecular formula is C14H27N3O. The van der Waals surface area contributed by atoms with Gasteiger partial charge in [0.1, 0.15) is 0 Å². The molecule has 2 rings (SSSR count). The molecule has 0 radical (unpaired) electrons. The Bertz CT molecular complexity index is 287. The van der Waals surface area contributed by atoms with Crippen molar-refractivity contribution in [1.29, 1.82) is 0 Å². The number of nitrogens with zero attached hydrogens (tertiary/aromatic N) is 2. The van der Waals surface area contributed by atoms with Crippen molar-refractivity contribution in [1.82, 2.24) is 15.1 Å². The summed E-state index contributed by atoms with van der Waals surface area (Å²) in [5.74, 6) is 1.43. The van der Waals surface area contributed by atoms with E-state index < -0.39 is 0 Å². The molecule has 104 valence electrons. The molecule has 2 unspecified atom stereocenters. The van der Waals surface area contributed by atoms with E-state index in [4.69, 9.17) is 0 Å². The zero-order chi connectivity index (χ0) is 13.1. The van der Waals surface area contributed by atoms with Crippen LogP contribution in [0.5, 0.6) is 0 Å². The van der Waals surface area contributed by atoms with Gasteiger partial charge in [0.05, 0.1) is 6.04 Å². The Morgan fingerprint density at radius 2 is 2.22 bits per heavy atom. The maximum absolute atomic E-state index is 12.1. The number of urea groups is 1. The molecule has 18 heavy (non-hydrogen) atoms. The molecule has 2 fully saturated rings. The number of likely N-dealkylation sites (N-methyl/N-ethyl adjacent to an activating group) is 1. The predicted octanol–water partition coefficient (Wildman–Crippen LogP) is 1.77. The first-order valence-corrected chi connectivity index (χ1v) is 7.30. The Morgan fingerprint density at radius 1 is 1.44 bits per heavy atom. The van der Waals surface area contributed by atoms with Gasteiger partial charge in [-0.25, -0.2) is 4.79 Å². The highest BCUT2D eigenvalue weighted by atomic mass is 16.2. The summed E-state index contributed by atoms with van der Waals surface area (Å²) in [4.78, 5) is 16.1. The monoisotopic (exact) mass is 253 g/mol. The highest BCUT2D eigenvalue weighted by Gasteiger charge is 2.34. The summed E-state index contributed by atoms with van der Waals surface area (Å²) in [6.45, 7) is 8.59. The van der Waals surface area contributed by atoms with Crippen molar-refractivity contribution in [3.63, 3.8) is 0 Å². The van der Waals surface area contributed by atoms with Crippen molar-refractivity contribution in [2.24, 2.45) is 11.8 Å². The van der Waals surface area contributed by atoms with Crippen LogP contribution in [-0.4, -0.2) is 55.1 Å². The summed E-state index contributed by atoms with van der Waals surface area (Å²) < 4.78 is 0. The number of rotatable bonds is 5. The van der Waals surface area contributed by atoms with Crippen LogP contribution in [0.25, 0.3) is 0 Å². The van der Waals surface area contributed by atoms with Crippen LogP contribution in [0.15, 0.2) is 0 Å². The molecule has 0 aromatic carbocycles. The van der Waals surface area contributed by atoms with Gasteiger partial charge >= 0.3 is 6.03 Å². The molecule has 1 N–H and O–H groups in total. The zero-order valence-electron chi connectivity index (χ0n) is 12.0. The molecule has 0 aliphatic carbocycles. The summed E-state index contributed by atoms with van der Waals surface area (Å²) in [7, 11) is 1.95. The molecule has 2 saturated heterocycles. The topological polar surface area (TPSA) is 35.6 Å². The van der Waals surface area contributed by atoms with Gasteiger partial charge in [0.15, 0.2) is 0 Å². The van der Waals surface area contributed by atoms with E-state index in [0.29, 0.717) is 12.0 Å². The van der Waals surface area contributed by atoms with Gasteiger partial charge in [0.2, 0.25) is 0 Å². The van der Waals surface area contributed by atoms with Gasteiger partial charge in [-0.05, 0) is 44.2 Å². The normalized spacial score (nSPS) is 28.8. The van der Waals surface area contributed by atoms with Crippen molar-refractivity contribution >= 4 is 6.03 Å². The standard InChI is InChI=1S/C14H27N3O/c1-11(2)8-13-10-17(14(18)16(13)3)7-5-12-4-6-15-9-12/h11-13,15H,4-10H2,1-3H3. The van der Waals surface area contributed by atoms with E-state index in [1.54, 1.807) is 0 Å². The SMILES string of the molecule is CC(C)CC1CN(CCC2CCNC2)C(=O)N1C. The summed E-state index contributed by atoms with van der Waals surface area (Å²) in [5, 5.41) is 3.39. The molecule has 4 heteroatoms. The molecule has 0 spiro atoms. The molecule has 0 aromatic rings. The smallest absolute Gasteiger partial charge is 0.320 e. The van der Waals surface area contributed by atoms with Crippen LogP contribution in [0.2, 0.25) is 0 Å². The minimum Gasteiger partial charge on any atom is -0.323 e. The van der Waals surface area contributed by atoms with E-state index in [1.807, 2.05) is 16.8 Å². The first kappa shape index (κ1) is 13.7. The largest absolute Gasteiger partial charge is 0.323 e. The van der Waals surface area contributed by atoms with Crippen LogP contribution in [0.3, 0.4) is 0 Å². The van der Waals surface area contributed by atoms with Gasteiger partial charge in [-0.3, -0.25) is 0 Å². The van der Waals surface area contributed by atoms with E-state index in [9.17, 15) is 4.79 Å². The van der Waals surface area contributed by atoms with Crippen molar-refractivity contribution in [3.05, 3.63) is 0 Å². The Labute approximate surface area is 111 Å². The number of amides is 2. The van der Waals surface area contributed by atoms with E-state index >= 15 is 0 Å². The van der Waals surface area contributed by atoms with Crippen LogP contribution in [0, 0.1) is 11.8 Å². The van der Waals surface area contributed by atoms with Gasteiger partial charge in [0.25, 0.3) is 0 Å². The second kappa shape index (κ2) is 5.91. The van der Waals surface area contributed by atoms with Gasteiger partial charge in [-0.2, -0.15) is 0 Å². The summed E-state index contributed by atoms with van der Waals surface area (Å²) in [5.41, 5.74) is 0. The third-order valence-electron chi connectivity index (χ3n) is 4.26. The van der Waals surface area contributed by atoms with E-state index in [2.05, 4.69) is 19.2 Å². The van der Waals surface area contributed by atoms with Gasteiger partial charge in [0, 0.05) is 20.1 Å². The number of hydrogen-bond acceptors (Lipinski definition) is 2. The minimum atomic E-state index is 0.228. The summed E-state index contributed by atoms with van der Waals surface area (Å²) >= 11 is 0. The van der Waals surface area contributed by atoms with Crippen molar-refractivity contribution < 1.29 is 4.79 Å². The maximum Gasteiger partial charge on any atom is 0.320 e. The average molecular weight is 253 g/mol. The number of nitrogens with one attached hydrogen (secondary N) is 1.